The second kappa shape index (κ2) is 5.89. The van der Waals surface area contributed by atoms with Crippen molar-refractivity contribution in [2.75, 3.05) is 31.4 Å². The van der Waals surface area contributed by atoms with E-state index in [1.165, 1.54) is 0 Å². The molecule has 0 atom stereocenters. The summed E-state index contributed by atoms with van der Waals surface area (Å²) in [7, 11) is 5.69. The number of hydrogen-bond acceptors (Lipinski definition) is 5. The number of rotatable bonds is 4. The maximum absolute atomic E-state index is 5.24. The molecule has 0 saturated heterocycles. The van der Waals surface area contributed by atoms with Crippen LogP contribution < -0.4 is 15.0 Å². The van der Waals surface area contributed by atoms with Gasteiger partial charge in [-0.2, -0.15) is 0 Å². The monoisotopic (exact) mass is 294 g/mol. The number of ether oxygens (including phenoxy) is 1. The Morgan fingerprint density at radius 1 is 1.05 bits per heavy atom. The lowest BCUT2D eigenvalue weighted by atomic mass is 10.2. The van der Waals surface area contributed by atoms with E-state index in [2.05, 4.69) is 32.3 Å². The van der Waals surface area contributed by atoms with Gasteiger partial charge in [-0.3, -0.25) is 0 Å². The van der Waals surface area contributed by atoms with E-state index in [-0.39, 0.29) is 0 Å². The Hall–Kier alpha value is -2.82. The molecule has 3 rings (SSSR count). The van der Waals surface area contributed by atoms with E-state index in [0.29, 0.717) is 0 Å². The quantitative estimate of drug-likeness (QED) is 0.798. The van der Waals surface area contributed by atoms with Crippen molar-refractivity contribution in [3.05, 3.63) is 48.8 Å². The minimum absolute atomic E-state index is 0.781. The Bertz CT molecular complexity index is 802. The van der Waals surface area contributed by atoms with Gasteiger partial charge in [0.15, 0.2) is 0 Å². The van der Waals surface area contributed by atoms with E-state index in [1.807, 2.05) is 44.4 Å². The van der Waals surface area contributed by atoms with Gasteiger partial charge in [0.1, 0.15) is 17.9 Å². The van der Waals surface area contributed by atoms with Gasteiger partial charge in [-0.1, -0.05) is 6.07 Å². The van der Waals surface area contributed by atoms with Crippen LogP contribution in [-0.2, 0) is 0 Å². The molecule has 3 aromatic rings. The van der Waals surface area contributed by atoms with Crippen molar-refractivity contribution in [3.63, 3.8) is 0 Å². The number of nitrogens with zero attached hydrogens (tertiary/aromatic N) is 3. The van der Waals surface area contributed by atoms with Crippen molar-refractivity contribution in [2.45, 2.75) is 0 Å². The highest BCUT2D eigenvalue weighted by Crippen LogP contribution is 2.27. The van der Waals surface area contributed by atoms with Crippen molar-refractivity contribution in [2.24, 2.45) is 0 Å². The van der Waals surface area contributed by atoms with Crippen LogP contribution in [0.15, 0.2) is 48.8 Å². The normalized spacial score (nSPS) is 10.5. The minimum Gasteiger partial charge on any atom is -0.497 e. The molecule has 0 radical (unpaired) electrons. The second-order valence-corrected chi connectivity index (χ2v) is 5.18. The lowest BCUT2D eigenvalue weighted by Gasteiger charge is -2.14. The Labute approximate surface area is 129 Å². The number of fused-ring (bicyclic) bond motifs is 1. The Morgan fingerprint density at radius 3 is 2.68 bits per heavy atom. The molecule has 112 valence electrons. The minimum atomic E-state index is 0.781. The van der Waals surface area contributed by atoms with Crippen LogP contribution in [0.25, 0.3) is 10.9 Å². The Morgan fingerprint density at radius 2 is 1.91 bits per heavy atom. The van der Waals surface area contributed by atoms with Gasteiger partial charge in [-0.25, -0.2) is 9.97 Å². The summed E-state index contributed by atoms with van der Waals surface area (Å²) in [6.45, 7) is 0. The van der Waals surface area contributed by atoms with Crippen LogP contribution in [0.3, 0.4) is 0 Å². The zero-order valence-corrected chi connectivity index (χ0v) is 12.9. The van der Waals surface area contributed by atoms with Gasteiger partial charge in [0.05, 0.1) is 12.6 Å². The summed E-state index contributed by atoms with van der Waals surface area (Å²) in [6, 6.07) is 14.0. The fourth-order valence-electron chi connectivity index (χ4n) is 2.26. The first-order valence-electron chi connectivity index (χ1n) is 7.00. The number of nitrogens with one attached hydrogen (secondary N) is 1. The molecule has 1 aromatic heterocycles. The van der Waals surface area contributed by atoms with Crippen LogP contribution in [-0.4, -0.2) is 31.2 Å². The van der Waals surface area contributed by atoms with E-state index in [1.54, 1.807) is 13.4 Å². The highest BCUT2D eigenvalue weighted by atomic mass is 16.5. The maximum atomic E-state index is 5.24. The third-order valence-electron chi connectivity index (χ3n) is 3.47. The van der Waals surface area contributed by atoms with Crippen LogP contribution in [0.2, 0.25) is 0 Å². The van der Waals surface area contributed by atoms with E-state index < -0.39 is 0 Å². The molecular formula is C17H18N4O. The van der Waals surface area contributed by atoms with Crippen molar-refractivity contribution < 1.29 is 4.74 Å². The Balaban J connectivity index is 1.98. The lowest BCUT2D eigenvalue weighted by Crippen LogP contribution is -2.08. The van der Waals surface area contributed by atoms with Crippen molar-refractivity contribution in [1.29, 1.82) is 0 Å². The number of benzene rings is 2. The summed E-state index contributed by atoms with van der Waals surface area (Å²) in [6.07, 6.45) is 1.56. The molecular weight excluding hydrogens is 276 g/mol. The van der Waals surface area contributed by atoms with Crippen molar-refractivity contribution in [1.82, 2.24) is 9.97 Å². The average Bonchev–Trinajstić information content (AvgIpc) is 2.55. The molecule has 1 heterocycles. The van der Waals surface area contributed by atoms with Gasteiger partial charge >= 0.3 is 0 Å². The molecule has 0 spiro atoms. The van der Waals surface area contributed by atoms with Crippen molar-refractivity contribution in [3.8, 4) is 5.75 Å². The van der Waals surface area contributed by atoms with Gasteiger partial charge in [0, 0.05) is 36.9 Å². The number of methoxy groups -OCH3 is 1. The van der Waals surface area contributed by atoms with Crippen LogP contribution in [0.5, 0.6) is 5.75 Å². The Kier molecular flexibility index (Phi) is 3.78. The first-order chi connectivity index (χ1) is 10.7. The molecule has 1 N–H and O–H groups in total. The van der Waals surface area contributed by atoms with Gasteiger partial charge in [0.25, 0.3) is 0 Å². The second-order valence-electron chi connectivity index (χ2n) is 5.18. The third kappa shape index (κ3) is 2.79. The average molecular weight is 294 g/mol. The van der Waals surface area contributed by atoms with Crippen LogP contribution in [0.1, 0.15) is 0 Å². The first kappa shape index (κ1) is 14.1. The zero-order valence-electron chi connectivity index (χ0n) is 12.9. The summed E-state index contributed by atoms with van der Waals surface area (Å²) < 4.78 is 5.24. The molecule has 0 bridgehead atoms. The smallest absolute Gasteiger partial charge is 0.141 e. The number of anilines is 3. The molecule has 0 aliphatic rings. The molecule has 0 saturated carbocycles. The summed E-state index contributed by atoms with van der Waals surface area (Å²) >= 11 is 0. The molecule has 5 nitrogen and oxygen atoms in total. The molecule has 0 aliphatic heterocycles. The SMILES string of the molecule is COc1ccc2c(Nc3cccc(N(C)C)c3)ncnc2c1. The van der Waals surface area contributed by atoms with Gasteiger partial charge in [-0.15, -0.1) is 0 Å². The standard InChI is InChI=1S/C17H18N4O/c1-21(2)13-6-4-5-12(9-13)20-17-15-8-7-14(22-3)10-16(15)18-11-19-17/h4-11H,1-3H3,(H,18,19,20). The molecule has 0 unspecified atom stereocenters. The first-order valence-corrected chi connectivity index (χ1v) is 7.00. The number of aromatic nitrogens is 2. The van der Waals surface area contributed by atoms with E-state index in [9.17, 15) is 0 Å². The third-order valence-corrected chi connectivity index (χ3v) is 3.47. The van der Waals surface area contributed by atoms with E-state index in [4.69, 9.17) is 4.74 Å². The van der Waals surface area contributed by atoms with Crippen LogP contribution in [0.4, 0.5) is 17.2 Å². The molecule has 5 heteroatoms. The zero-order chi connectivity index (χ0) is 15.5. The summed E-state index contributed by atoms with van der Waals surface area (Å²) in [5.74, 6) is 1.57. The van der Waals surface area contributed by atoms with Crippen molar-refractivity contribution >= 4 is 28.1 Å². The van der Waals surface area contributed by atoms with E-state index in [0.717, 1.165) is 33.8 Å². The molecule has 0 amide bonds. The number of hydrogen-bond donors (Lipinski definition) is 1. The summed E-state index contributed by atoms with van der Waals surface area (Å²) in [5.41, 5.74) is 2.97. The maximum Gasteiger partial charge on any atom is 0.141 e. The van der Waals surface area contributed by atoms with Crippen LogP contribution in [0, 0.1) is 0 Å². The molecule has 0 fully saturated rings. The fraction of sp³-hybridized carbons (Fsp3) is 0.176. The molecule has 2 aromatic carbocycles. The van der Waals surface area contributed by atoms with Gasteiger partial charge in [-0.05, 0) is 30.3 Å². The topological polar surface area (TPSA) is 50.3 Å². The highest BCUT2D eigenvalue weighted by molar-refractivity contribution is 5.91. The lowest BCUT2D eigenvalue weighted by molar-refractivity contribution is 0.415. The molecule has 0 aliphatic carbocycles. The van der Waals surface area contributed by atoms with Gasteiger partial charge < -0.3 is 15.0 Å². The van der Waals surface area contributed by atoms with E-state index >= 15 is 0 Å². The predicted molar refractivity (Wildman–Crippen MR) is 90.1 cm³/mol. The van der Waals surface area contributed by atoms with Gasteiger partial charge in [0.2, 0.25) is 0 Å². The largest absolute Gasteiger partial charge is 0.497 e. The molecule has 22 heavy (non-hydrogen) atoms. The fourth-order valence-corrected chi connectivity index (χ4v) is 2.26. The summed E-state index contributed by atoms with van der Waals surface area (Å²) in [5, 5.41) is 4.32. The summed E-state index contributed by atoms with van der Waals surface area (Å²) in [4.78, 5) is 10.7. The highest BCUT2D eigenvalue weighted by Gasteiger charge is 2.06. The predicted octanol–water partition coefficient (Wildman–Crippen LogP) is 3.45. The van der Waals surface area contributed by atoms with Crippen LogP contribution >= 0.6 is 0 Å².